The SMILES string of the molecule is O=c1[nH]cnc2cc(NCc3cncs3)c([N+](=O)[O-])cc12. The zero-order chi connectivity index (χ0) is 14.8. The number of rotatable bonds is 4. The lowest BCUT2D eigenvalue weighted by Crippen LogP contribution is -2.08. The first kappa shape index (κ1) is 13.2. The number of nitrogens with one attached hydrogen (secondary N) is 2. The van der Waals surface area contributed by atoms with Crippen LogP contribution in [0.25, 0.3) is 10.9 Å². The molecule has 2 N–H and O–H groups in total. The van der Waals surface area contributed by atoms with Gasteiger partial charge in [-0.25, -0.2) is 4.98 Å². The Morgan fingerprint density at radius 1 is 1.43 bits per heavy atom. The van der Waals surface area contributed by atoms with Crippen LogP contribution in [0.4, 0.5) is 11.4 Å². The molecule has 0 aliphatic carbocycles. The summed E-state index contributed by atoms with van der Waals surface area (Å²) < 4.78 is 0. The van der Waals surface area contributed by atoms with Gasteiger partial charge in [0.25, 0.3) is 11.2 Å². The molecule has 9 heteroatoms. The minimum atomic E-state index is -0.527. The normalized spacial score (nSPS) is 10.7. The molecule has 0 atom stereocenters. The summed E-state index contributed by atoms with van der Waals surface area (Å²) in [5.74, 6) is 0. The molecule has 106 valence electrons. The van der Waals surface area contributed by atoms with E-state index in [2.05, 4.69) is 20.3 Å². The Balaban J connectivity index is 2.05. The van der Waals surface area contributed by atoms with E-state index in [-0.39, 0.29) is 11.1 Å². The average molecular weight is 303 g/mol. The Bertz CT molecular complexity index is 859. The molecular formula is C12H9N5O3S. The fourth-order valence-electron chi connectivity index (χ4n) is 1.91. The second-order valence-corrected chi connectivity index (χ2v) is 5.17. The van der Waals surface area contributed by atoms with Gasteiger partial charge >= 0.3 is 0 Å². The smallest absolute Gasteiger partial charge is 0.293 e. The first-order valence-corrected chi connectivity index (χ1v) is 6.80. The van der Waals surface area contributed by atoms with E-state index in [4.69, 9.17) is 0 Å². The fraction of sp³-hybridized carbons (Fsp3) is 0.0833. The molecule has 0 aliphatic rings. The van der Waals surface area contributed by atoms with E-state index in [1.54, 1.807) is 11.7 Å². The van der Waals surface area contributed by atoms with E-state index in [9.17, 15) is 14.9 Å². The van der Waals surface area contributed by atoms with E-state index in [1.807, 2.05) is 0 Å². The minimum absolute atomic E-state index is 0.162. The van der Waals surface area contributed by atoms with Crippen molar-refractivity contribution in [2.75, 3.05) is 5.32 Å². The number of nitro benzene ring substituents is 1. The Morgan fingerprint density at radius 2 is 2.29 bits per heavy atom. The van der Waals surface area contributed by atoms with Gasteiger partial charge in [0.15, 0.2) is 0 Å². The quantitative estimate of drug-likeness (QED) is 0.562. The topological polar surface area (TPSA) is 114 Å². The summed E-state index contributed by atoms with van der Waals surface area (Å²) >= 11 is 1.45. The number of nitrogens with zero attached hydrogens (tertiary/aromatic N) is 3. The lowest BCUT2D eigenvalue weighted by molar-refractivity contribution is -0.383. The standard InChI is InChI=1S/C12H9N5O3S/c18-12-8-1-11(17(19)20)10(2-9(8)15-5-16-12)14-4-7-3-13-6-21-7/h1-3,5-6,14H,4H2,(H,15,16,18). The van der Waals surface area contributed by atoms with Crippen LogP contribution in [-0.4, -0.2) is 19.9 Å². The summed E-state index contributed by atoms with van der Waals surface area (Å²) in [4.78, 5) is 33.6. The number of thiazole rings is 1. The van der Waals surface area contributed by atoms with E-state index in [0.717, 1.165) is 4.88 Å². The van der Waals surface area contributed by atoms with Crippen LogP contribution in [-0.2, 0) is 6.54 Å². The number of hydrogen-bond donors (Lipinski definition) is 2. The Morgan fingerprint density at radius 3 is 3.00 bits per heavy atom. The van der Waals surface area contributed by atoms with E-state index in [1.165, 1.54) is 29.8 Å². The number of nitro groups is 1. The van der Waals surface area contributed by atoms with Crippen molar-refractivity contribution >= 4 is 33.6 Å². The number of aromatic nitrogens is 3. The van der Waals surface area contributed by atoms with Gasteiger partial charge in [-0.1, -0.05) is 0 Å². The molecule has 0 unspecified atom stereocenters. The van der Waals surface area contributed by atoms with Crippen molar-refractivity contribution in [2.45, 2.75) is 6.54 Å². The lowest BCUT2D eigenvalue weighted by atomic mass is 10.2. The summed E-state index contributed by atoms with van der Waals surface area (Å²) in [7, 11) is 0. The maximum absolute atomic E-state index is 11.7. The molecule has 3 rings (SSSR count). The third-order valence-electron chi connectivity index (χ3n) is 2.89. The minimum Gasteiger partial charge on any atom is -0.374 e. The van der Waals surface area contributed by atoms with Crippen LogP contribution in [0.15, 0.2) is 35.0 Å². The van der Waals surface area contributed by atoms with Gasteiger partial charge in [-0.2, -0.15) is 0 Å². The van der Waals surface area contributed by atoms with Crippen molar-refractivity contribution in [1.82, 2.24) is 15.0 Å². The fourth-order valence-corrected chi connectivity index (χ4v) is 2.44. The van der Waals surface area contributed by atoms with Crippen molar-refractivity contribution in [1.29, 1.82) is 0 Å². The van der Waals surface area contributed by atoms with Gasteiger partial charge in [0.2, 0.25) is 0 Å². The second-order valence-electron chi connectivity index (χ2n) is 4.20. The summed E-state index contributed by atoms with van der Waals surface area (Å²) in [5, 5.41) is 14.3. The zero-order valence-electron chi connectivity index (χ0n) is 10.6. The van der Waals surface area contributed by atoms with Crippen LogP contribution in [0.2, 0.25) is 0 Å². The summed E-state index contributed by atoms with van der Waals surface area (Å²) in [6.07, 6.45) is 2.96. The molecule has 0 radical (unpaired) electrons. The molecule has 0 fully saturated rings. The molecule has 21 heavy (non-hydrogen) atoms. The first-order valence-electron chi connectivity index (χ1n) is 5.92. The number of anilines is 1. The first-order chi connectivity index (χ1) is 10.1. The maximum Gasteiger partial charge on any atom is 0.293 e. The molecule has 0 saturated heterocycles. The summed E-state index contributed by atoms with van der Waals surface area (Å²) in [5.41, 5.74) is 1.84. The second kappa shape index (κ2) is 5.29. The van der Waals surface area contributed by atoms with Gasteiger partial charge in [-0.05, 0) is 6.07 Å². The molecule has 0 aliphatic heterocycles. The van der Waals surface area contributed by atoms with E-state index >= 15 is 0 Å². The Hall–Kier alpha value is -2.81. The summed E-state index contributed by atoms with van der Waals surface area (Å²) in [6.45, 7) is 0.417. The van der Waals surface area contributed by atoms with E-state index < -0.39 is 10.5 Å². The highest BCUT2D eigenvalue weighted by Crippen LogP contribution is 2.28. The van der Waals surface area contributed by atoms with E-state index in [0.29, 0.717) is 17.7 Å². The molecule has 3 aromatic rings. The number of hydrogen-bond acceptors (Lipinski definition) is 7. The van der Waals surface area contributed by atoms with Gasteiger partial charge in [0, 0.05) is 17.1 Å². The van der Waals surface area contributed by atoms with Gasteiger partial charge in [-0.15, -0.1) is 11.3 Å². The van der Waals surface area contributed by atoms with Crippen LogP contribution in [0.3, 0.4) is 0 Å². The predicted molar refractivity (Wildman–Crippen MR) is 78.5 cm³/mol. The highest BCUT2D eigenvalue weighted by Gasteiger charge is 2.17. The monoisotopic (exact) mass is 303 g/mol. The highest BCUT2D eigenvalue weighted by atomic mass is 32.1. The molecule has 8 nitrogen and oxygen atoms in total. The van der Waals surface area contributed by atoms with Gasteiger partial charge in [-0.3, -0.25) is 19.9 Å². The van der Waals surface area contributed by atoms with Crippen molar-refractivity contribution in [3.05, 3.63) is 55.5 Å². The zero-order valence-corrected chi connectivity index (χ0v) is 11.4. The van der Waals surface area contributed by atoms with Gasteiger partial charge in [0.05, 0.1) is 34.2 Å². The Labute approximate surface area is 121 Å². The number of benzene rings is 1. The molecule has 0 saturated carbocycles. The number of fused-ring (bicyclic) bond motifs is 1. The van der Waals surface area contributed by atoms with Crippen molar-refractivity contribution in [3.8, 4) is 0 Å². The van der Waals surface area contributed by atoms with Crippen molar-refractivity contribution in [2.24, 2.45) is 0 Å². The average Bonchev–Trinajstić information content (AvgIpc) is 2.97. The number of H-pyrrole nitrogens is 1. The Kier molecular flexibility index (Phi) is 3.32. The van der Waals surface area contributed by atoms with Crippen molar-refractivity contribution < 1.29 is 4.92 Å². The molecule has 1 aromatic carbocycles. The highest BCUT2D eigenvalue weighted by molar-refractivity contribution is 7.09. The molecular weight excluding hydrogens is 294 g/mol. The molecule has 0 amide bonds. The maximum atomic E-state index is 11.7. The molecule has 2 heterocycles. The van der Waals surface area contributed by atoms with Crippen LogP contribution in [0.1, 0.15) is 4.88 Å². The molecule has 0 bridgehead atoms. The molecule has 2 aromatic heterocycles. The van der Waals surface area contributed by atoms with Gasteiger partial charge in [0.1, 0.15) is 5.69 Å². The van der Waals surface area contributed by atoms with Gasteiger partial charge < -0.3 is 10.3 Å². The third kappa shape index (κ3) is 2.58. The van der Waals surface area contributed by atoms with Crippen LogP contribution in [0.5, 0.6) is 0 Å². The predicted octanol–water partition coefficient (Wildman–Crippen LogP) is 1.90. The summed E-state index contributed by atoms with van der Waals surface area (Å²) in [6, 6.07) is 2.74. The number of aromatic amines is 1. The largest absolute Gasteiger partial charge is 0.374 e. The van der Waals surface area contributed by atoms with Crippen LogP contribution >= 0.6 is 11.3 Å². The van der Waals surface area contributed by atoms with Crippen LogP contribution < -0.4 is 10.9 Å². The molecule has 0 spiro atoms. The third-order valence-corrected chi connectivity index (χ3v) is 3.67. The van der Waals surface area contributed by atoms with Crippen molar-refractivity contribution in [3.63, 3.8) is 0 Å². The van der Waals surface area contributed by atoms with Crippen LogP contribution in [0, 0.1) is 10.1 Å². The lowest BCUT2D eigenvalue weighted by Gasteiger charge is -2.06.